The molecule has 0 bridgehead atoms. The minimum Gasteiger partial charge on any atom is -0.341 e. The summed E-state index contributed by atoms with van der Waals surface area (Å²) in [6.45, 7) is 3.29. The first-order valence-corrected chi connectivity index (χ1v) is 10.1. The van der Waals surface area contributed by atoms with Crippen LogP contribution in [0.4, 0.5) is 5.69 Å². The number of nitrogens with one attached hydrogen (secondary N) is 1. The third-order valence-corrected chi connectivity index (χ3v) is 5.08. The molecule has 31 heavy (non-hydrogen) atoms. The Morgan fingerprint density at radius 2 is 1.71 bits per heavy atom. The first-order chi connectivity index (χ1) is 14.8. The number of carbonyl (C=O) groups excluding carboxylic acids is 2. The smallest absolute Gasteiger partial charge is 0.267 e. The summed E-state index contributed by atoms with van der Waals surface area (Å²) in [6, 6.07) is 20.1. The number of aromatic nitrogens is 2. The van der Waals surface area contributed by atoms with E-state index < -0.39 is 0 Å². The second-order valence-corrected chi connectivity index (χ2v) is 7.52. The SMILES string of the molecule is CC(=O)Nc1ccc(-c2ccc(=O)n(CC(=O)N(C)C(C)Cc3ccccc3)n2)cc1. The highest BCUT2D eigenvalue weighted by Crippen LogP contribution is 2.18. The first kappa shape index (κ1) is 22.0. The number of anilines is 1. The number of hydrogen-bond acceptors (Lipinski definition) is 4. The van der Waals surface area contributed by atoms with Crippen molar-refractivity contribution in [2.45, 2.75) is 32.9 Å². The molecule has 1 heterocycles. The standard InChI is InChI=1S/C24H26N4O3/c1-17(15-19-7-5-4-6-8-19)27(3)24(31)16-28-23(30)14-13-22(26-28)20-9-11-21(12-10-20)25-18(2)29/h4-14,17H,15-16H2,1-3H3,(H,25,29). The van der Waals surface area contributed by atoms with Crippen LogP contribution in [0.25, 0.3) is 11.3 Å². The van der Waals surface area contributed by atoms with Gasteiger partial charge in [-0.3, -0.25) is 14.4 Å². The van der Waals surface area contributed by atoms with Crippen molar-refractivity contribution in [1.82, 2.24) is 14.7 Å². The van der Waals surface area contributed by atoms with E-state index in [0.717, 1.165) is 17.5 Å². The molecule has 3 aromatic rings. The van der Waals surface area contributed by atoms with Gasteiger partial charge in [0.2, 0.25) is 11.8 Å². The van der Waals surface area contributed by atoms with Crippen LogP contribution in [0, 0.1) is 0 Å². The van der Waals surface area contributed by atoms with Crippen LogP contribution in [0.15, 0.2) is 71.5 Å². The second-order valence-electron chi connectivity index (χ2n) is 7.52. The van der Waals surface area contributed by atoms with E-state index in [1.54, 1.807) is 42.3 Å². The van der Waals surface area contributed by atoms with Crippen LogP contribution >= 0.6 is 0 Å². The zero-order valence-electron chi connectivity index (χ0n) is 17.9. The van der Waals surface area contributed by atoms with Crippen LogP contribution in [0.2, 0.25) is 0 Å². The largest absolute Gasteiger partial charge is 0.341 e. The molecule has 0 aliphatic rings. The fraction of sp³-hybridized carbons (Fsp3) is 0.250. The molecule has 160 valence electrons. The van der Waals surface area contributed by atoms with Crippen molar-refractivity contribution in [2.75, 3.05) is 12.4 Å². The molecule has 0 aliphatic heterocycles. The van der Waals surface area contributed by atoms with Crippen LogP contribution in [-0.2, 0) is 22.6 Å². The maximum atomic E-state index is 12.8. The van der Waals surface area contributed by atoms with Crippen LogP contribution in [0.1, 0.15) is 19.4 Å². The van der Waals surface area contributed by atoms with Crippen LogP contribution < -0.4 is 10.9 Å². The molecular weight excluding hydrogens is 392 g/mol. The van der Waals surface area contributed by atoms with Crippen molar-refractivity contribution in [3.63, 3.8) is 0 Å². The summed E-state index contributed by atoms with van der Waals surface area (Å²) in [7, 11) is 1.74. The molecule has 1 unspecified atom stereocenters. The molecule has 2 amide bonds. The lowest BCUT2D eigenvalue weighted by Crippen LogP contribution is -2.40. The van der Waals surface area contributed by atoms with Crippen molar-refractivity contribution >= 4 is 17.5 Å². The number of carbonyl (C=O) groups is 2. The number of nitrogens with zero attached hydrogens (tertiary/aromatic N) is 3. The van der Waals surface area contributed by atoms with Crippen molar-refractivity contribution in [1.29, 1.82) is 0 Å². The predicted octanol–water partition coefficient (Wildman–Crippen LogP) is 2.96. The Hall–Kier alpha value is -3.74. The average molecular weight is 418 g/mol. The molecule has 1 aromatic heterocycles. The minimum absolute atomic E-state index is 0.0184. The lowest BCUT2D eigenvalue weighted by Gasteiger charge is -2.25. The Bertz CT molecular complexity index is 1110. The number of rotatable bonds is 7. The van der Waals surface area contributed by atoms with E-state index in [2.05, 4.69) is 10.4 Å². The fourth-order valence-electron chi connectivity index (χ4n) is 3.22. The molecule has 7 nitrogen and oxygen atoms in total. The lowest BCUT2D eigenvalue weighted by molar-refractivity contribution is -0.132. The van der Waals surface area contributed by atoms with Gasteiger partial charge in [-0.05, 0) is 37.1 Å². The van der Waals surface area contributed by atoms with Gasteiger partial charge in [-0.2, -0.15) is 5.10 Å². The summed E-state index contributed by atoms with van der Waals surface area (Å²) >= 11 is 0. The highest BCUT2D eigenvalue weighted by Gasteiger charge is 2.18. The van der Waals surface area contributed by atoms with Gasteiger partial charge in [0.05, 0.1) is 5.69 Å². The van der Waals surface area contributed by atoms with Crippen molar-refractivity contribution in [3.8, 4) is 11.3 Å². The third kappa shape index (κ3) is 5.88. The summed E-state index contributed by atoms with van der Waals surface area (Å²) < 4.78 is 1.19. The van der Waals surface area contributed by atoms with E-state index >= 15 is 0 Å². The lowest BCUT2D eigenvalue weighted by atomic mass is 10.1. The Kier molecular flexibility index (Phi) is 6.97. The summed E-state index contributed by atoms with van der Waals surface area (Å²) in [5.74, 6) is -0.334. The zero-order chi connectivity index (χ0) is 22.4. The van der Waals surface area contributed by atoms with Gasteiger partial charge in [0, 0.05) is 37.3 Å². The van der Waals surface area contributed by atoms with Gasteiger partial charge in [-0.15, -0.1) is 0 Å². The maximum Gasteiger partial charge on any atom is 0.267 e. The fourth-order valence-corrected chi connectivity index (χ4v) is 3.22. The monoisotopic (exact) mass is 418 g/mol. The predicted molar refractivity (Wildman–Crippen MR) is 121 cm³/mol. The van der Waals surface area contributed by atoms with E-state index in [1.165, 1.54) is 17.7 Å². The van der Waals surface area contributed by atoms with Gasteiger partial charge in [-0.1, -0.05) is 42.5 Å². The number of likely N-dealkylation sites (N-methyl/N-ethyl adjacent to an activating group) is 1. The highest BCUT2D eigenvalue weighted by atomic mass is 16.2. The van der Waals surface area contributed by atoms with E-state index in [4.69, 9.17) is 0 Å². The van der Waals surface area contributed by atoms with E-state index in [9.17, 15) is 14.4 Å². The molecule has 1 atom stereocenters. The van der Waals surface area contributed by atoms with Crippen LogP contribution in [0.5, 0.6) is 0 Å². The highest BCUT2D eigenvalue weighted by molar-refractivity contribution is 5.88. The molecule has 3 rings (SSSR count). The third-order valence-electron chi connectivity index (χ3n) is 5.08. The van der Waals surface area contributed by atoms with Gasteiger partial charge in [0.1, 0.15) is 6.54 Å². The molecule has 0 spiro atoms. The van der Waals surface area contributed by atoms with Crippen molar-refractivity contribution in [3.05, 3.63) is 82.6 Å². The van der Waals surface area contributed by atoms with Gasteiger partial charge in [0.25, 0.3) is 5.56 Å². The quantitative estimate of drug-likeness (QED) is 0.639. The van der Waals surface area contributed by atoms with Crippen LogP contribution in [-0.4, -0.2) is 39.6 Å². The second kappa shape index (κ2) is 9.84. The number of hydrogen-bond donors (Lipinski definition) is 1. The molecule has 0 fully saturated rings. The van der Waals surface area contributed by atoms with Gasteiger partial charge in [-0.25, -0.2) is 4.68 Å². The van der Waals surface area contributed by atoms with E-state index in [0.29, 0.717) is 11.4 Å². The Morgan fingerprint density at radius 3 is 2.35 bits per heavy atom. The van der Waals surface area contributed by atoms with Gasteiger partial charge in [0.15, 0.2) is 0 Å². The average Bonchev–Trinajstić information content (AvgIpc) is 2.75. The summed E-state index contributed by atoms with van der Waals surface area (Å²) in [6.07, 6.45) is 0.728. The van der Waals surface area contributed by atoms with Gasteiger partial charge >= 0.3 is 0 Å². The molecular formula is C24H26N4O3. The normalized spacial score (nSPS) is 11.6. The Labute approximate surface area is 181 Å². The Balaban J connectivity index is 1.71. The summed E-state index contributed by atoms with van der Waals surface area (Å²) in [5.41, 5.74) is 2.84. The minimum atomic E-state index is -0.337. The zero-order valence-corrected chi connectivity index (χ0v) is 17.9. The molecule has 1 N–H and O–H groups in total. The number of amides is 2. The molecule has 0 aliphatic carbocycles. The maximum absolute atomic E-state index is 12.8. The topological polar surface area (TPSA) is 84.3 Å². The van der Waals surface area contributed by atoms with Crippen molar-refractivity contribution < 1.29 is 9.59 Å². The van der Waals surface area contributed by atoms with Crippen LogP contribution in [0.3, 0.4) is 0 Å². The van der Waals surface area contributed by atoms with E-state index in [1.807, 2.05) is 37.3 Å². The molecule has 0 saturated heterocycles. The van der Waals surface area contributed by atoms with E-state index in [-0.39, 0.29) is 30.0 Å². The molecule has 7 heteroatoms. The Morgan fingerprint density at radius 1 is 1.03 bits per heavy atom. The number of benzene rings is 2. The van der Waals surface area contributed by atoms with Gasteiger partial charge < -0.3 is 10.2 Å². The summed E-state index contributed by atoms with van der Waals surface area (Å²) in [4.78, 5) is 37.9. The summed E-state index contributed by atoms with van der Waals surface area (Å²) in [5, 5.41) is 7.07. The molecule has 0 radical (unpaired) electrons. The molecule has 0 saturated carbocycles. The van der Waals surface area contributed by atoms with Crippen molar-refractivity contribution in [2.24, 2.45) is 0 Å². The molecule has 2 aromatic carbocycles. The first-order valence-electron chi connectivity index (χ1n) is 10.1.